The molecule has 0 radical (unpaired) electrons. The molecule has 8 nitrogen and oxygen atoms in total. The Morgan fingerprint density at radius 1 is 1.23 bits per heavy atom. The van der Waals surface area contributed by atoms with Crippen LogP contribution in [-0.4, -0.2) is 53.8 Å². The van der Waals surface area contributed by atoms with Crippen molar-refractivity contribution in [2.75, 3.05) is 11.5 Å². The number of aromatic nitrogens is 4. The molecule has 0 unspecified atom stereocenters. The molecule has 0 amide bonds. The summed E-state index contributed by atoms with van der Waals surface area (Å²) in [7, 11) is 0. The number of aliphatic hydroxyl groups excluding tert-OH is 2. The van der Waals surface area contributed by atoms with Gasteiger partial charge in [0.15, 0.2) is 17.7 Å². The Bertz CT molecular complexity index is 939. The number of halogens is 1. The van der Waals surface area contributed by atoms with Gasteiger partial charge >= 0.3 is 0 Å². The van der Waals surface area contributed by atoms with E-state index < -0.39 is 24.5 Å². The Balaban J connectivity index is 1.53. The second-order valence-corrected chi connectivity index (χ2v) is 7.91. The van der Waals surface area contributed by atoms with E-state index in [1.54, 1.807) is 16.3 Å². The molecular formula is C16H16BrN5O3S. The Morgan fingerprint density at radius 3 is 2.88 bits per heavy atom. The molecule has 4 rings (SSSR count). The number of rotatable bonds is 4. The van der Waals surface area contributed by atoms with Crippen molar-refractivity contribution < 1.29 is 14.9 Å². The summed E-state index contributed by atoms with van der Waals surface area (Å²) in [5.41, 5.74) is 6.68. The number of hydrogen-bond acceptors (Lipinski definition) is 8. The van der Waals surface area contributed by atoms with Gasteiger partial charge in [0.1, 0.15) is 24.1 Å². The first kappa shape index (κ1) is 17.7. The Kier molecular flexibility index (Phi) is 4.84. The maximum atomic E-state index is 10.5. The van der Waals surface area contributed by atoms with E-state index in [9.17, 15) is 10.2 Å². The van der Waals surface area contributed by atoms with Crippen molar-refractivity contribution in [3.63, 3.8) is 0 Å². The molecule has 2 aromatic heterocycles. The summed E-state index contributed by atoms with van der Waals surface area (Å²) in [5, 5.41) is 20.9. The van der Waals surface area contributed by atoms with Crippen LogP contribution in [0.5, 0.6) is 0 Å². The van der Waals surface area contributed by atoms with Crippen LogP contribution in [0.25, 0.3) is 11.2 Å². The van der Waals surface area contributed by atoms with Crippen molar-refractivity contribution in [3.05, 3.63) is 41.4 Å². The maximum absolute atomic E-state index is 10.5. The molecule has 0 saturated carbocycles. The van der Waals surface area contributed by atoms with Gasteiger partial charge in [0.25, 0.3) is 0 Å². The molecule has 3 aromatic rings. The van der Waals surface area contributed by atoms with Crippen molar-refractivity contribution in [1.82, 2.24) is 19.5 Å². The molecule has 4 atom stereocenters. The minimum Gasteiger partial charge on any atom is -0.387 e. The van der Waals surface area contributed by atoms with Crippen LogP contribution in [0.3, 0.4) is 0 Å². The minimum absolute atomic E-state index is 0.253. The van der Waals surface area contributed by atoms with E-state index in [4.69, 9.17) is 10.5 Å². The summed E-state index contributed by atoms with van der Waals surface area (Å²) < 4.78 is 8.48. The number of fused-ring (bicyclic) bond motifs is 1. The van der Waals surface area contributed by atoms with E-state index >= 15 is 0 Å². The fourth-order valence-corrected chi connectivity index (χ4v) is 4.46. The Labute approximate surface area is 161 Å². The van der Waals surface area contributed by atoms with Crippen LogP contribution in [0, 0.1) is 0 Å². The number of benzene rings is 1. The highest BCUT2D eigenvalue weighted by Crippen LogP contribution is 2.34. The van der Waals surface area contributed by atoms with Crippen LogP contribution in [-0.2, 0) is 4.74 Å². The topological polar surface area (TPSA) is 119 Å². The summed E-state index contributed by atoms with van der Waals surface area (Å²) in [6.45, 7) is 0. The number of ether oxygens (including phenoxy) is 1. The lowest BCUT2D eigenvalue weighted by atomic mass is 10.1. The fourth-order valence-electron chi connectivity index (χ4n) is 2.89. The first-order chi connectivity index (χ1) is 12.5. The van der Waals surface area contributed by atoms with Crippen LogP contribution < -0.4 is 5.73 Å². The van der Waals surface area contributed by atoms with E-state index in [-0.39, 0.29) is 5.82 Å². The van der Waals surface area contributed by atoms with Crippen molar-refractivity contribution >= 4 is 44.7 Å². The minimum atomic E-state index is -1.10. The van der Waals surface area contributed by atoms with Gasteiger partial charge in [-0.05, 0) is 18.2 Å². The van der Waals surface area contributed by atoms with Gasteiger partial charge in [-0.3, -0.25) is 4.57 Å². The quantitative estimate of drug-likeness (QED) is 0.526. The molecule has 0 bridgehead atoms. The largest absolute Gasteiger partial charge is 0.387 e. The van der Waals surface area contributed by atoms with Crippen molar-refractivity contribution in [2.45, 2.75) is 29.4 Å². The van der Waals surface area contributed by atoms with Gasteiger partial charge in [0.2, 0.25) is 0 Å². The number of aliphatic hydroxyl groups is 2. The molecule has 1 saturated heterocycles. The van der Waals surface area contributed by atoms with Crippen molar-refractivity contribution in [3.8, 4) is 0 Å². The van der Waals surface area contributed by atoms with Crippen LogP contribution in [0.2, 0.25) is 0 Å². The third-order valence-corrected chi connectivity index (χ3v) is 5.78. The molecule has 1 fully saturated rings. The first-order valence-electron chi connectivity index (χ1n) is 7.87. The predicted octanol–water partition coefficient (Wildman–Crippen LogP) is 1.58. The summed E-state index contributed by atoms with van der Waals surface area (Å²) in [4.78, 5) is 13.3. The lowest BCUT2D eigenvalue weighted by Gasteiger charge is -2.16. The molecule has 3 heterocycles. The number of thioether (sulfide) groups is 1. The van der Waals surface area contributed by atoms with Crippen LogP contribution in [0.15, 0.2) is 46.3 Å². The van der Waals surface area contributed by atoms with Gasteiger partial charge in [0, 0.05) is 15.1 Å². The van der Waals surface area contributed by atoms with Crippen molar-refractivity contribution in [1.29, 1.82) is 0 Å². The van der Waals surface area contributed by atoms with E-state index in [2.05, 4.69) is 30.9 Å². The van der Waals surface area contributed by atoms with Gasteiger partial charge < -0.3 is 20.7 Å². The van der Waals surface area contributed by atoms with E-state index in [1.807, 2.05) is 24.3 Å². The number of hydrogen-bond donors (Lipinski definition) is 3. The van der Waals surface area contributed by atoms with Gasteiger partial charge in [-0.25, -0.2) is 15.0 Å². The molecule has 1 aromatic carbocycles. The molecular weight excluding hydrogens is 422 g/mol. The molecule has 4 N–H and O–H groups in total. The molecule has 10 heteroatoms. The highest BCUT2D eigenvalue weighted by Gasteiger charge is 2.44. The number of nitrogens with zero attached hydrogens (tertiary/aromatic N) is 4. The third-order valence-electron chi connectivity index (χ3n) is 4.21. The lowest BCUT2D eigenvalue weighted by Crippen LogP contribution is -2.32. The average Bonchev–Trinajstić information content (AvgIpc) is 3.17. The zero-order chi connectivity index (χ0) is 18.3. The van der Waals surface area contributed by atoms with E-state index in [1.165, 1.54) is 12.7 Å². The number of nitrogens with two attached hydrogens (primary N) is 1. The lowest BCUT2D eigenvalue weighted by molar-refractivity contribution is -0.0289. The highest BCUT2D eigenvalue weighted by molar-refractivity contribution is 9.10. The monoisotopic (exact) mass is 437 g/mol. The number of anilines is 1. The second-order valence-electron chi connectivity index (χ2n) is 5.90. The Morgan fingerprint density at radius 2 is 2.08 bits per heavy atom. The van der Waals surface area contributed by atoms with E-state index in [0.717, 1.165) is 9.37 Å². The summed E-state index contributed by atoms with van der Waals surface area (Å²) in [6, 6.07) is 7.86. The smallest absolute Gasteiger partial charge is 0.167 e. The number of imidazole rings is 1. The molecule has 0 spiro atoms. The van der Waals surface area contributed by atoms with E-state index in [0.29, 0.717) is 16.9 Å². The predicted molar refractivity (Wildman–Crippen MR) is 101 cm³/mol. The third kappa shape index (κ3) is 3.19. The molecule has 1 aliphatic heterocycles. The standard InChI is InChI=1S/C16H16BrN5O3S/c17-8-2-1-3-9(4-8)26-5-10-12(23)13(24)16(25-10)22-7-21-11-14(18)19-6-20-15(11)22/h1-4,6-7,10,12-13,16,23-24H,5H2,(H2,18,19,20)/t10-,12-,13-,16-/m1/s1. The van der Waals surface area contributed by atoms with Crippen molar-refractivity contribution in [2.24, 2.45) is 0 Å². The molecule has 0 aliphatic carbocycles. The second kappa shape index (κ2) is 7.12. The number of nitrogen functional groups attached to an aromatic ring is 1. The highest BCUT2D eigenvalue weighted by atomic mass is 79.9. The zero-order valence-electron chi connectivity index (χ0n) is 13.4. The average molecular weight is 438 g/mol. The summed E-state index contributed by atoms with van der Waals surface area (Å²) >= 11 is 4.98. The maximum Gasteiger partial charge on any atom is 0.167 e. The summed E-state index contributed by atoms with van der Waals surface area (Å²) in [5.74, 6) is 0.748. The van der Waals surface area contributed by atoms with Crippen LogP contribution in [0.4, 0.5) is 5.82 Å². The first-order valence-corrected chi connectivity index (χ1v) is 9.65. The fraction of sp³-hybridized carbons (Fsp3) is 0.312. The molecule has 26 heavy (non-hydrogen) atoms. The van der Waals surface area contributed by atoms with Gasteiger partial charge in [-0.15, -0.1) is 11.8 Å². The molecule has 1 aliphatic rings. The zero-order valence-corrected chi connectivity index (χ0v) is 15.8. The van der Waals surface area contributed by atoms with Gasteiger partial charge in [0.05, 0.1) is 12.4 Å². The van der Waals surface area contributed by atoms with Gasteiger partial charge in [-0.2, -0.15) is 0 Å². The normalized spacial score (nSPS) is 25.8. The van der Waals surface area contributed by atoms with Crippen LogP contribution in [0.1, 0.15) is 6.23 Å². The van der Waals surface area contributed by atoms with Gasteiger partial charge in [-0.1, -0.05) is 22.0 Å². The Hall–Kier alpha value is -1.72. The molecule has 136 valence electrons. The van der Waals surface area contributed by atoms with Crippen LogP contribution >= 0.6 is 27.7 Å². The SMILES string of the molecule is Nc1ncnc2c1ncn2[C@@H]1O[C@H](CSc2cccc(Br)c2)[C@@H](O)[C@H]1O. The summed E-state index contributed by atoms with van der Waals surface area (Å²) in [6.07, 6.45) is -0.630.